The van der Waals surface area contributed by atoms with Gasteiger partial charge in [0.2, 0.25) is 17.4 Å². The SMILES string of the molecule is O=S(=O)=Nc1c(O)nc(-c2ccccc2)nc1O. The summed E-state index contributed by atoms with van der Waals surface area (Å²) in [6.45, 7) is 0. The van der Waals surface area contributed by atoms with Crippen LogP contribution >= 0.6 is 0 Å². The molecule has 0 saturated carbocycles. The van der Waals surface area contributed by atoms with Crippen molar-refractivity contribution in [2.75, 3.05) is 0 Å². The van der Waals surface area contributed by atoms with E-state index in [0.717, 1.165) is 0 Å². The lowest BCUT2D eigenvalue weighted by Crippen LogP contribution is -1.89. The second-order valence-corrected chi connectivity index (χ2v) is 3.83. The van der Waals surface area contributed by atoms with Gasteiger partial charge in [0.05, 0.1) is 0 Å². The first-order chi connectivity index (χ1) is 8.58. The summed E-state index contributed by atoms with van der Waals surface area (Å²) in [5.41, 5.74) is -0.0130. The van der Waals surface area contributed by atoms with Crippen molar-refractivity contribution in [1.82, 2.24) is 9.97 Å². The number of benzene rings is 1. The standard InChI is InChI=1S/C10H7N3O4S/c14-9-7(13-18(16)17)10(15)12-8(11-9)6-4-2-1-3-5-6/h1-5H,(H2,11,12,14,15). The van der Waals surface area contributed by atoms with Gasteiger partial charge in [-0.15, -0.1) is 4.36 Å². The molecule has 0 bridgehead atoms. The second kappa shape index (κ2) is 4.80. The first-order valence-corrected chi connectivity index (χ1v) is 5.77. The fraction of sp³-hybridized carbons (Fsp3) is 0. The third-order valence-corrected chi connectivity index (χ3v) is 2.38. The highest BCUT2D eigenvalue weighted by molar-refractivity contribution is 7.61. The minimum absolute atomic E-state index is 0.0706. The minimum Gasteiger partial charge on any atom is -0.492 e. The molecule has 1 aromatic carbocycles. The minimum atomic E-state index is -2.81. The molecule has 0 aliphatic heterocycles. The van der Waals surface area contributed by atoms with Crippen LogP contribution < -0.4 is 0 Å². The Hall–Kier alpha value is -2.48. The van der Waals surface area contributed by atoms with Crippen molar-refractivity contribution >= 4 is 16.2 Å². The number of hydrogen-bond acceptors (Lipinski definition) is 7. The highest BCUT2D eigenvalue weighted by Crippen LogP contribution is 2.34. The molecule has 0 radical (unpaired) electrons. The zero-order valence-corrected chi connectivity index (χ0v) is 9.66. The molecule has 92 valence electrons. The van der Waals surface area contributed by atoms with Gasteiger partial charge in [0.1, 0.15) is 0 Å². The zero-order valence-electron chi connectivity index (χ0n) is 8.85. The van der Waals surface area contributed by atoms with Crippen molar-refractivity contribution < 1.29 is 18.6 Å². The summed E-state index contributed by atoms with van der Waals surface area (Å²) in [6, 6.07) is 8.61. The lowest BCUT2D eigenvalue weighted by molar-refractivity contribution is 0.426. The fourth-order valence-electron chi connectivity index (χ4n) is 1.30. The van der Waals surface area contributed by atoms with E-state index in [1.165, 1.54) is 0 Å². The largest absolute Gasteiger partial charge is 0.492 e. The van der Waals surface area contributed by atoms with Crippen LogP contribution in [-0.4, -0.2) is 28.6 Å². The van der Waals surface area contributed by atoms with E-state index in [-0.39, 0.29) is 5.82 Å². The average Bonchev–Trinajstić information content (AvgIpc) is 2.34. The summed E-state index contributed by atoms with van der Waals surface area (Å²) in [5, 5.41) is 19.0. The van der Waals surface area contributed by atoms with Crippen LogP contribution in [-0.2, 0) is 10.5 Å². The van der Waals surface area contributed by atoms with Gasteiger partial charge in [-0.3, -0.25) is 0 Å². The van der Waals surface area contributed by atoms with E-state index in [0.29, 0.717) is 5.56 Å². The van der Waals surface area contributed by atoms with Crippen LogP contribution in [0.25, 0.3) is 11.4 Å². The molecular weight excluding hydrogens is 258 g/mol. The first-order valence-electron chi connectivity index (χ1n) is 4.74. The van der Waals surface area contributed by atoms with E-state index in [1.807, 2.05) is 0 Å². The van der Waals surface area contributed by atoms with Gasteiger partial charge in [-0.05, 0) is 0 Å². The number of nitrogens with zero attached hydrogens (tertiary/aromatic N) is 3. The smallest absolute Gasteiger partial charge is 0.316 e. The molecule has 1 aromatic heterocycles. The summed E-state index contributed by atoms with van der Waals surface area (Å²) in [6.07, 6.45) is 0. The predicted octanol–water partition coefficient (Wildman–Crippen LogP) is 1.25. The Labute approximate surface area is 103 Å². The quantitative estimate of drug-likeness (QED) is 0.844. The Morgan fingerprint density at radius 1 is 1.00 bits per heavy atom. The van der Waals surface area contributed by atoms with Gasteiger partial charge >= 0.3 is 10.5 Å². The molecule has 0 aliphatic rings. The third-order valence-electron chi connectivity index (χ3n) is 2.05. The number of hydrogen-bond donors (Lipinski definition) is 2. The maximum absolute atomic E-state index is 10.4. The van der Waals surface area contributed by atoms with Gasteiger partial charge in [-0.2, -0.15) is 18.4 Å². The molecule has 0 aliphatic carbocycles. The van der Waals surface area contributed by atoms with Crippen LogP contribution in [0.1, 0.15) is 0 Å². The molecule has 0 amide bonds. The topological polar surface area (TPSA) is 113 Å². The van der Waals surface area contributed by atoms with E-state index in [1.54, 1.807) is 30.3 Å². The van der Waals surface area contributed by atoms with Crippen molar-refractivity contribution in [1.29, 1.82) is 0 Å². The van der Waals surface area contributed by atoms with Crippen molar-refractivity contribution in [2.24, 2.45) is 4.36 Å². The molecule has 2 rings (SSSR count). The summed E-state index contributed by atoms with van der Waals surface area (Å²) < 4.78 is 23.8. The Morgan fingerprint density at radius 3 is 2.06 bits per heavy atom. The summed E-state index contributed by atoms with van der Waals surface area (Å²) >= 11 is 0. The van der Waals surface area contributed by atoms with Crippen LogP contribution in [0.4, 0.5) is 5.69 Å². The Kier molecular flexibility index (Phi) is 3.20. The molecule has 8 heteroatoms. The van der Waals surface area contributed by atoms with Gasteiger partial charge in [-0.25, -0.2) is 0 Å². The molecule has 18 heavy (non-hydrogen) atoms. The molecule has 0 fully saturated rings. The van der Waals surface area contributed by atoms with Crippen molar-refractivity contribution in [2.45, 2.75) is 0 Å². The molecule has 0 spiro atoms. The average molecular weight is 265 g/mol. The van der Waals surface area contributed by atoms with Gasteiger partial charge in [-0.1, -0.05) is 30.3 Å². The Morgan fingerprint density at radius 2 is 1.56 bits per heavy atom. The maximum Gasteiger partial charge on any atom is 0.316 e. The number of rotatable bonds is 2. The summed E-state index contributed by atoms with van der Waals surface area (Å²) in [5.74, 6) is -1.34. The first kappa shape index (κ1) is 12.0. The molecule has 0 saturated heterocycles. The highest BCUT2D eigenvalue weighted by Gasteiger charge is 2.14. The second-order valence-electron chi connectivity index (χ2n) is 3.22. The monoisotopic (exact) mass is 265 g/mol. The van der Waals surface area contributed by atoms with Gasteiger partial charge in [0.25, 0.3) is 0 Å². The zero-order chi connectivity index (χ0) is 13.1. The normalized spacial score (nSPS) is 10.0. The molecular formula is C10H7N3O4S. The van der Waals surface area contributed by atoms with Crippen LogP contribution in [0.3, 0.4) is 0 Å². The highest BCUT2D eigenvalue weighted by atomic mass is 32.2. The van der Waals surface area contributed by atoms with Crippen LogP contribution in [0.15, 0.2) is 34.7 Å². The van der Waals surface area contributed by atoms with Crippen LogP contribution in [0.2, 0.25) is 0 Å². The van der Waals surface area contributed by atoms with E-state index < -0.39 is 27.9 Å². The third kappa shape index (κ3) is 2.43. The molecule has 2 N–H and O–H groups in total. The van der Waals surface area contributed by atoms with Crippen molar-refractivity contribution in [3.05, 3.63) is 30.3 Å². The molecule has 7 nitrogen and oxygen atoms in total. The van der Waals surface area contributed by atoms with E-state index in [4.69, 9.17) is 0 Å². The molecule has 0 atom stereocenters. The van der Waals surface area contributed by atoms with Crippen LogP contribution in [0.5, 0.6) is 11.8 Å². The molecule has 1 heterocycles. The lowest BCUT2D eigenvalue weighted by atomic mass is 10.2. The Balaban J connectivity index is 2.60. The maximum atomic E-state index is 10.4. The van der Waals surface area contributed by atoms with E-state index >= 15 is 0 Å². The summed E-state index contributed by atoms with van der Waals surface area (Å²) in [4.78, 5) is 7.35. The van der Waals surface area contributed by atoms with Crippen molar-refractivity contribution in [3.8, 4) is 23.1 Å². The van der Waals surface area contributed by atoms with E-state index in [2.05, 4.69) is 14.3 Å². The number of aromatic nitrogens is 2. The summed E-state index contributed by atoms with van der Waals surface area (Å²) in [7, 11) is -2.81. The fourth-order valence-corrected chi connectivity index (χ4v) is 1.62. The van der Waals surface area contributed by atoms with Gasteiger partial charge < -0.3 is 10.2 Å². The lowest BCUT2D eigenvalue weighted by Gasteiger charge is -2.03. The van der Waals surface area contributed by atoms with Gasteiger partial charge in [0, 0.05) is 5.56 Å². The van der Waals surface area contributed by atoms with E-state index in [9.17, 15) is 18.6 Å². The predicted molar refractivity (Wildman–Crippen MR) is 61.8 cm³/mol. The van der Waals surface area contributed by atoms with Crippen LogP contribution in [0, 0.1) is 0 Å². The molecule has 2 aromatic rings. The number of aromatic hydroxyl groups is 2. The Bertz CT molecular complexity index is 682. The van der Waals surface area contributed by atoms with Gasteiger partial charge in [0.15, 0.2) is 5.82 Å². The molecule has 0 unspecified atom stereocenters. The van der Waals surface area contributed by atoms with Crippen molar-refractivity contribution in [3.63, 3.8) is 0 Å².